The molecule has 0 N–H and O–H groups in total. The molecule has 0 saturated heterocycles. The van der Waals surface area contributed by atoms with Crippen LogP contribution in [0.15, 0.2) is 42.7 Å². The van der Waals surface area contributed by atoms with E-state index in [1.165, 1.54) is 146 Å². The maximum atomic E-state index is 2.50. The molecular weight excluding hydrogens is 436 g/mol. The van der Waals surface area contributed by atoms with Gasteiger partial charge < -0.3 is 0 Å². The van der Waals surface area contributed by atoms with Gasteiger partial charge in [-0.05, 0) is 37.8 Å². The molecule has 2 heteroatoms. The minimum Gasteiger partial charge on any atom is -0.230 e. The van der Waals surface area contributed by atoms with Crippen LogP contribution in [0.4, 0.5) is 0 Å². The zero-order valence-electron chi connectivity index (χ0n) is 24.2. The number of benzene rings is 1. The Morgan fingerprint density at radius 2 is 0.972 bits per heavy atom. The first-order valence-corrected chi connectivity index (χ1v) is 16.0. The number of aromatic nitrogens is 2. The van der Waals surface area contributed by atoms with Crippen molar-refractivity contribution in [3.8, 4) is 11.4 Å². The third-order valence-electron chi connectivity index (χ3n) is 7.76. The van der Waals surface area contributed by atoms with Crippen LogP contribution >= 0.6 is 0 Å². The van der Waals surface area contributed by atoms with Crippen molar-refractivity contribution in [1.82, 2.24) is 4.57 Å². The Balaban J connectivity index is 1.53. The minimum absolute atomic E-state index is 1.14. The van der Waals surface area contributed by atoms with Crippen LogP contribution in [0, 0.1) is 0 Å². The van der Waals surface area contributed by atoms with Crippen LogP contribution in [0.2, 0.25) is 0 Å². The summed E-state index contributed by atoms with van der Waals surface area (Å²) in [4.78, 5) is 0. The van der Waals surface area contributed by atoms with Gasteiger partial charge in [-0.2, -0.15) is 0 Å². The van der Waals surface area contributed by atoms with E-state index in [1.54, 1.807) is 0 Å². The highest BCUT2D eigenvalue weighted by molar-refractivity contribution is 5.52. The lowest BCUT2D eigenvalue weighted by Gasteiger charge is -2.06. The van der Waals surface area contributed by atoms with Gasteiger partial charge in [-0.3, -0.25) is 0 Å². The molecule has 2 rings (SSSR count). The van der Waals surface area contributed by atoms with Crippen LogP contribution in [0.5, 0.6) is 0 Å². The molecule has 1 heterocycles. The van der Waals surface area contributed by atoms with Gasteiger partial charge in [-0.1, -0.05) is 141 Å². The lowest BCUT2D eigenvalue weighted by atomic mass is 10.0. The summed E-state index contributed by atoms with van der Waals surface area (Å²) >= 11 is 0. The van der Waals surface area contributed by atoms with Crippen LogP contribution in [-0.4, -0.2) is 4.57 Å². The average molecular weight is 496 g/mol. The zero-order chi connectivity index (χ0) is 25.5. The molecule has 2 aromatic rings. The van der Waals surface area contributed by atoms with Crippen molar-refractivity contribution in [2.24, 2.45) is 0 Å². The number of imidazole rings is 1. The maximum absolute atomic E-state index is 2.50. The number of unbranched alkanes of at least 4 members (excludes halogenated alkanes) is 19. The number of aryl methyl sites for hydroxylation is 2. The molecule has 0 bridgehead atoms. The largest absolute Gasteiger partial charge is 0.288 e. The molecule has 1 aromatic carbocycles. The molecule has 0 unspecified atom stereocenters. The van der Waals surface area contributed by atoms with Crippen LogP contribution in [0.1, 0.15) is 149 Å². The van der Waals surface area contributed by atoms with Gasteiger partial charge in [0.05, 0.1) is 18.7 Å². The third kappa shape index (κ3) is 13.7. The Morgan fingerprint density at radius 1 is 0.528 bits per heavy atom. The van der Waals surface area contributed by atoms with Gasteiger partial charge in [0.25, 0.3) is 5.82 Å². The summed E-state index contributed by atoms with van der Waals surface area (Å²) in [5, 5.41) is 0. The van der Waals surface area contributed by atoms with Crippen molar-refractivity contribution in [3.63, 3.8) is 0 Å². The second-order valence-electron chi connectivity index (χ2n) is 11.1. The molecule has 0 radical (unpaired) electrons. The van der Waals surface area contributed by atoms with Gasteiger partial charge in [0.15, 0.2) is 0 Å². The highest BCUT2D eigenvalue weighted by atomic mass is 15.1. The Labute approximate surface area is 224 Å². The summed E-state index contributed by atoms with van der Waals surface area (Å²) in [5.41, 5.74) is 1.35. The van der Waals surface area contributed by atoms with E-state index in [0.29, 0.717) is 0 Å². The van der Waals surface area contributed by atoms with Gasteiger partial charge in [0, 0.05) is 0 Å². The van der Waals surface area contributed by atoms with E-state index < -0.39 is 0 Å². The van der Waals surface area contributed by atoms with Crippen LogP contribution in [0.25, 0.3) is 11.4 Å². The summed E-state index contributed by atoms with van der Waals surface area (Å²) in [5.74, 6) is 1.39. The molecule has 0 amide bonds. The molecule has 2 nitrogen and oxygen atoms in total. The van der Waals surface area contributed by atoms with Gasteiger partial charge >= 0.3 is 0 Å². The van der Waals surface area contributed by atoms with Crippen LogP contribution in [-0.2, 0) is 13.1 Å². The third-order valence-corrected chi connectivity index (χ3v) is 7.76. The molecule has 0 aliphatic rings. The number of nitrogens with zero attached hydrogens (tertiary/aromatic N) is 2. The lowest BCUT2D eigenvalue weighted by molar-refractivity contribution is -0.686. The summed E-state index contributed by atoms with van der Waals surface area (Å²) in [7, 11) is 0. The van der Waals surface area contributed by atoms with Crippen LogP contribution in [0.3, 0.4) is 0 Å². The van der Waals surface area contributed by atoms with E-state index in [1.807, 2.05) is 0 Å². The summed E-state index contributed by atoms with van der Waals surface area (Å²) in [6.45, 7) is 6.87. The van der Waals surface area contributed by atoms with E-state index in [2.05, 4.69) is 65.7 Å². The van der Waals surface area contributed by atoms with Gasteiger partial charge in [-0.25, -0.2) is 9.13 Å². The van der Waals surface area contributed by atoms with E-state index in [4.69, 9.17) is 0 Å². The van der Waals surface area contributed by atoms with Gasteiger partial charge in [0.1, 0.15) is 12.4 Å². The Bertz CT molecular complexity index is 733. The second-order valence-corrected chi connectivity index (χ2v) is 11.1. The highest BCUT2D eigenvalue weighted by Gasteiger charge is 2.18. The normalized spacial score (nSPS) is 11.4. The van der Waals surface area contributed by atoms with E-state index in [-0.39, 0.29) is 0 Å². The van der Waals surface area contributed by atoms with Crippen molar-refractivity contribution in [3.05, 3.63) is 42.7 Å². The fourth-order valence-corrected chi connectivity index (χ4v) is 5.46. The van der Waals surface area contributed by atoms with Gasteiger partial charge in [0.2, 0.25) is 0 Å². The number of hydrogen-bond donors (Lipinski definition) is 0. The van der Waals surface area contributed by atoms with Crippen molar-refractivity contribution < 1.29 is 4.57 Å². The highest BCUT2D eigenvalue weighted by Crippen LogP contribution is 2.18. The molecule has 0 saturated carbocycles. The van der Waals surface area contributed by atoms with Crippen molar-refractivity contribution in [2.45, 2.75) is 162 Å². The average Bonchev–Trinajstić information content (AvgIpc) is 3.31. The van der Waals surface area contributed by atoms with E-state index in [9.17, 15) is 0 Å². The number of rotatable bonds is 24. The summed E-state index contributed by atoms with van der Waals surface area (Å²) < 4.78 is 4.99. The Morgan fingerprint density at radius 3 is 1.47 bits per heavy atom. The van der Waals surface area contributed by atoms with Crippen molar-refractivity contribution >= 4 is 0 Å². The van der Waals surface area contributed by atoms with E-state index in [0.717, 1.165) is 13.1 Å². The Hall–Kier alpha value is -1.57. The fourth-order valence-electron chi connectivity index (χ4n) is 5.46. The monoisotopic (exact) mass is 495 g/mol. The number of hydrogen-bond acceptors (Lipinski definition) is 0. The molecule has 0 spiro atoms. The molecule has 1 aromatic heterocycles. The molecule has 36 heavy (non-hydrogen) atoms. The maximum Gasteiger partial charge on any atom is 0.288 e. The standard InChI is InChI=1S/C34H59N2/c1-3-5-7-9-10-11-12-13-14-15-16-17-18-19-20-21-26-30-36-32-31-35(29-25-8-6-4-2)34(36)33-27-23-22-24-28-33/h22-24,27-28,31-32H,3-21,25-26,29-30H2,1-2H3/q+1. The molecular formula is C34H59N2+. The second kappa shape index (κ2) is 21.5. The molecule has 204 valence electrons. The van der Waals surface area contributed by atoms with Crippen LogP contribution < -0.4 is 4.57 Å². The minimum atomic E-state index is 1.14. The first-order chi connectivity index (χ1) is 17.9. The Kier molecular flexibility index (Phi) is 18.3. The van der Waals surface area contributed by atoms with Crippen molar-refractivity contribution in [1.29, 1.82) is 0 Å². The predicted octanol–water partition coefficient (Wildman–Crippen LogP) is 10.7. The summed E-state index contributed by atoms with van der Waals surface area (Å²) in [6.07, 6.45) is 34.2. The predicted molar refractivity (Wildman–Crippen MR) is 158 cm³/mol. The smallest absolute Gasteiger partial charge is 0.230 e. The van der Waals surface area contributed by atoms with E-state index >= 15 is 0 Å². The molecule has 0 aliphatic carbocycles. The quantitative estimate of drug-likeness (QED) is 0.101. The zero-order valence-corrected chi connectivity index (χ0v) is 24.2. The first kappa shape index (κ1) is 30.7. The summed E-state index contributed by atoms with van der Waals surface area (Å²) in [6, 6.07) is 11.0. The SMILES string of the molecule is CCCCCCCCCCCCCCCCCCC[n+]1ccn(CCCCCC)c1-c1ccccc1. The fraction of sp³-hybridized carbons (Fsp3) is 0.735. The van der Waals surface area contributed by atoms with Crippen molar-refractivity contribution in [2.75, 3.05) is 0 Å². The first-order valence-electron chi connectivity index (χ1n) is 16.0. The molecule has 0 aliphatic heterocycles. The topological polar surface area (TPSA) is 8.81 Å². The molecule has 0 atom stereocenters. The van der Waals surface area contributed by atoms with Gasteiger partial charge in [-0.15, -0.1) is 0 Å². The molecule has 0 fully saturated rings. The lowest BCUT2D eigenvalue weighted by Crippen LogP contribution is -2.34.